The predicted molar refractivity (Wildman–Crippen MR) is 61.9 cm³/mol. The van der Waals surface area contributed by atoms with E-state index in [0.717, 1.165) is 6.42 Å². The van der Waals surface area contributed by atoms with Crippen molar-refractivity contribution in [3.8, 4) is 0 Å². The molecule has 0 heterocycles. The van der Waals surface area contributed by atoms with Gasteiger partial charge in [0.2, 0.25) is 5.91 Å². The maximum atomic E-state index is 11.5. The van der Waals surface area contributed by atoms with E-state index in [1.165, 1.54) is 0 Å². The molecule has 5 nitrogen and oxygen atoms in total. The van der Waals surface area contributed by atoms with Crippen molar-refractivity contribution >= 4 is 11.9 Å². The summed E-state index contributed by atoms with van der Waals surface area (Å²) in [6.07, 6.45) is 1.69. The Bertz CT molecular complexity index is 231. The Balaban J connectivity index is 3.98. The standard InChI is InChI=1S/C11H22N2O3/c1-3-9(11(15)16)7-8(2)10(14)13-6-4-5-12/h8-9H,3-7,12H2,1-2H3,(H,13,14)(H,15,16). The van der Waals surface area contributed by atoms with Crippen LogP contribution in [0, 0.1) is 11.8 Å². The summed E-state index contributed by atoms with van der Waals surface area (Å²) in [6.45, 7) is 4.67. The molecule has 2 atom stereocenters. The molecule has 0 rings (SSSR count). The van der Waals surface area contributed by atoms with E-state index in [1.54, 1.807) is 6.92 Å². The second-order valence-electron chi connectivity index (χ2n) is 4.01. The van der Waals surface area contributed by atoms with Crippen LogP contribution in [-0.2, 0) is 9.59 Å². The third-order valence-corrected chi connectivity index (χ3v) is 2.61. The number of carboxylic acid groups (broad SMARTS) is 1. The van der Waals surface area contributed by atoms with Gasteiger partial charge in [0, 0.05) is 12.5 Å². The first-order valence-electron chi connectivity index (χ1n) is 5.73. The molecule has 0 aromatic carbocycles. The van der Waals surface area contributed by atoms with Crippen molar-refractivity contribution in [2.45, 2.75) is 33.1 Å². The predicted octanol–water partition coefficient (Wildman–Crippen LogP) is 0.588. The van der Waals surface area contributed by atoms with Crippen molar-refractivity contribution < 1.29 is 14.7 Å². The maximum Gasteiger partial charge on any atom is 0.306 e. The summed E-state index contributed by atoms with van der Waals surface area (Å²) in [4.78, 5) is 22.3. The van der Waals surface area contributed by atoms with E-state index in [4.69, 9.17) is 10.8 Å². The fourth-order valence-corrected chi connectivity index (χ4v) is 1.46. The highest BCUT2D eigenvalue weighted by Crippen LogP contribution is 2.15. The van der Waals surface area contributed by atoms with Crippen LogP contribution in [0.15, 0.2) is 0 Å². The number of nitrogens with one attached hydrogen (secondary N) is 1. The van der Waals surface area contributed by atoms with Crippen molar-refractivity contribution in [2.24, 2.45) is 17.6 Å². The number of rotatable bonds is 8. The van der Waals surface area contributed by atoms with Gasteiger partial charge >= 0.3 is 5.97 Å². The van der Waals surface area contributed by atoms with Gasteiger partial charge in [0.15, 0.2) is 0 Å². The number of carbonyl (C=O) groups is 2. The molecule has 16 heavy (non-hydrogen) atoms. The molecule has 0 saturated heterocycles. The van der Waals surface area contributed by atoms with E-state index >= 15 is 0 Å². The summed E-state index contributed by atoms with van der Waals surface area (Å²) >= 11 is 0. The minimum atomic E-state index is -0.830. The van der Waals surface area contributed by atoms with Gasteiger partial charge in [-0.1, -0.05) is 13.8 Å². The Hall–Kier alpha value is -1.10. The molecule has 1 amide bonds. The van der Waals surface area contributed by atoms with Gasteiger partial charge in [0.1, 0.15) is 0 Å². The van der Waals surface area contributed by atoms with E-state index < -0.39 is 11.9 Å². The number of nitrogens with two attached hydrogens (primary N) is 1. The first kappa shape index (κ1) is 14.9. The van der Waals surface area contributed by atoms with Crippen LogP contribution < -0.4 is 11.1 Å². The van der Waals surface area contributed by atoms with Crippen LogP contribution in [0.3, 0.4) is 0 Å². The molecule has 94 valence electrons. The van der Waals surface area contributed by atoms with E-state index in [0.29, 0.717) is 25.9 Å². The average molecular weight is 230 g/mol. The molecule has 2 unspecified atom stereocenters. The second-order valence-corrected chi connectivity index (χ2v) is 4.01. The van der Waals surface area contributed by atoms with Crippen LogP contribution in [0.5, 0.6) is 0 Å². The lowest BCUT2D eigenvalue weighted by Crippen LogP contribution is -2.32. The average Bonchev–Trinajstić information content (AvgIpc) is 2.25. The molecule has 0 aliphatic heterocycles. The number of amides is 1. The Labute approximate surface area is 96.4 Å². The topological polar surface area (TPSA) is 92.4 Å². The van der Waals surface area contributed by atoms with Crippen LogP contribution in [0.2, 0.25) is 0 Å². The number of carboxylic acids is 1. The van der Waals surface area contributed by atoms with Gasteiger partial charge in [-0.2, -0.15) is 0 Å². The number of aliphatic carboxylic acids is 1. The Morgan fingerprint density at radius 1 is 1.44 bits per heavy atom. The highest BCUT2D eigenvalue weighted by molar-refractivity contribution is 5.79. The lowest BCUT2D eigenvalue weighted by Gasteiger charge is -2.15. The molecule has 0 saturated carbocycles. The molecule has 0 aliphatic rings. The highest BCUT2D eigenvalue weighted by atomic mass is 16.4. The molecule has 0 fully saturated rings. The zero-order valence-corrected chi connectivity index (χ0v) is 10.0. The molecule has 0 bridgehead atoms. The Morgan fingerprint density at radius 2 is 2.06 bits per heavy atom. The number of carbonyl (C=O) groups excluding carboxylic acids is 1. The van der Waals surface area contributed by atoms with Crippen molar-refractivity contribution in [3.05, 3.63) is 0 Å². The van der Waals surface area contributed by atoms with Gasteiger partial charge in [-0.3, -0.25) is 9.59 Å². The largest absolute Gasteiger partial charge is 0.481 e. The van der Waals surface area contributed by atoms with Gasteiger partial charge in [0.05, 0.1) is 5.92 Å². The van der Waals surface area contributed by atoms with E-state index in [-0.39, 0.29) is 11.8 Å². The SMILES string of the molecule is CCC(CC(C)C(=O)NCCCN)C(=O)O. The maximum absolute atomic E-state index is 11.5. The number of hydrogen-bond acceptors (Lipinski definition) is 3. The second kappa shape index (κ2) is 8.10. The van der Waals surface area contributed by atoms with Crippen molar-refractivity contribution in [3.63, 3.8) is 0 Å². The highest BCUT2D eigenvalue weighted by Gasteiger charge is 2.22. The van der Waals surface area contributed by atoms with E-state index in [2.05, 4.69) is 5.32 Å². The first-order chi connectivity index (χ1) is 7.52. The molecule has 4 N–H and O–H groups in total. The third kappa shape index (κ3) is 5.70. The Kier molecular flexibility index (Phi) is 7.54. The first-order valence-corrected chi connectivity index (χ1v) is 5.73. The lowest BCUT2D eigenvalue weighted by molar-refractivity contribution is -0.142. The molecular formula is C11H22N2O3. The molecular weight excluding hydrogens is 208 g/mol. The van der Waals surface area contributed by atoms with Crippen LogP contribution in [0.25, 0.3) is 0 Å². The Morgan fingerprint density at radius 3 is 2.50 bits per heavy atom. The molecule has 0 aromatic heterocycles. The van der Waals surface area contributed by atoms with Crippen LogP contribution >= 0.6 is 0 Å². The van der Waals surface area contributed by atoms with Crippen molar-refractivity contribution in [1.82, 2.24) is 5.32 Å². The van der Waals surface area contributed by atoms with Crippen molar-refractivity contribution in [2.75, 3.05) is 13.1 Å². The number of hydrogen-bond donors (Lipinski definition) is 3. The molecule has 0 spiro atoms. The van der Waals surface area contributed by atoms with E-state index in [9.17, 15) is 9.59 Å². The molecule has 0 aliphatic carbocycles. The van der Waals surface area contributed by atoms with Gasteiger partial charge in [-0.25, -0.2) is 0 Å². The van der Waals surface area contributed by atoms with Crippen molar-refractivity contribution in [1.29, 1.82) is 0 Å². The normalized spacial score (nSPS) is 14.2. The summed E-state index contributed by atoms with van der Waals surface area (Å²) in [5.74, 6) is -1.62. The van der Waals surface area contributed by atoms with Crippen LogP contribution in [0.4, 0.5) is 0 Å². The monoisotopic (exact) mass is 230 g/mol. The minimum absolute atomic E-state index is 0.0897. The molecule has 0 aromatic rings. The van der Waals surface area contributed by atoms with Gasteiger partial charge in [-0.15, -0.1) is 0 Å². The quantitative estimate of drug-likeness (QED) is 0.532. The zero-order valence-electron chi connectivity index (χ0n) is 10.0. The van der Waals surface area contributed by atoms with Crippen LogP contribution in [-0.4, -0.2) is 30.1 Å². The summed E-state index contributed by atoms with van der Waals surface area (Å²) in [5.41, 5.74) is 5.30. The zero-order chi connectivity index (χ0) is 12.6. The minimum Gasteiger partial charge on any atom is -0.481 e. The summed E-state index contributed by atoms with van der Waals surface area (Å²) < 4.78 is 0. The van der Waals surface area contributed by atoms with E-state index in [1.807, 2.05) is 6.92 Å². The van der Waals surface area contributed by atoms with Gasteiger partial charge in [-0.05, 0) is 25.8 Å². The summed E-state index contributed by atoms with van der Waals surface area (Å²) in [5, 5.41) is 11.6. The molecule has 0 radical (unpaired) electrons. The lowest BCUT2D eigenvalue weighted by atomic mass is 9.93. The van der Waals surface area contributed by atoms with Gasteiger partial charge < -0.3 is 16.2 Å². The summed E-state index contributed by atoms with van der Waals surface area (Å²) in [6, 6.07) is 0. The fourth-order valence-electron chi connectivity index (χ4n) is 1.46. The third-order valence-electron chi connectivity index (χ3n) is 2.61. The van der Waals surface area contributed by atoms with Gasteiger partial charge in [0.25, 0.3) is 0 Å². The smallest absolute Gasteiger partial charge is 0.306 e. The van der Waals surface area contributed by atoms with Crippen LogP contribution in [0.1, 0.15) is 33.1 Å². The summed E-state index contributed by atoms with van der Waals surface area (Å²) in [7, 11) is 0. The fraction of sp³-hybridized carbons (Fsp3) is 0.818. The molecule has 5 heteroatoms.